The number of amides is 1. The van der Waals surface area contributed by atoms with Crippen molar-refractivity contribution < 1.29 is 24.2 Å². The van der Waals surface area contributed by atoms with Crippen LogP contribution in [-0.4, -0.2) is 46.7 Å². The van der Waals surface area contributed by atoms with Gasteiger partial charge >= 0.3 is 5.97 Å². The van der Waals surface area contributed by atoms with Gasteiger partial charge in [0.25, 0.3) is 5.91 Å². The highest BCUT2D eigenvalue weighted by Gasteiger charge is 2.51. The molecule has 190 valence electrons. The quantitative estimate of drug-likeness (QED) is 0.493. The molecule has 0 radical (unpaired) electrons. The Hall–Kier alpha value is -3.64. The second kappa shape index (κ2) is 9.03. The summed E-state index contributed by atoms with van der Waals surface area (Å²) in [6.45, 7) is 5.48. The molecule has 0 spiro atoms. The van der Waals surface area contributed by atoms with Gasteiger partial charge in [-0.15, -0.1) is 0 Å². The molecule has 2 saturated heterocycles. The molecule has 37 heavy (non-hydrogen) atoms. The van der Waals surface area contributed by atoms with Crippen LogP contribution in [0.15, 0.2) is 72.8 Å². The molecule has 3 aliphatic rings. The molecular weight excluding hydrogens is 466 g/mol. The van der Waals surface area contributed by atoms with Gasteiger partial charge in [0.2, 0.25) is 0 Å². The van der Waals surface area contributed by atoms with Crippen molar-refractivity contribution in [2.24, 2.45) is 11.8 Å². The first-order valence-electron chi connectivity index (χ1n) is 13.0. The summed E-state index contributed by atoms with van der Waals surface area (Å²) in [5.74, 6) is 0.226. The van der Waals surface area contributed by atoms with Gasteiger partial charge in [-0.05, 0) is 56.0 Å². The molecule has 1 N–H and O–H groups in total. The fraction of sp³-hybridized carbons (Fsp3) is 0.355. The minimum Gasteiger partial charge on any atom is -0.487 e. The van der Waals surface area contributed by atoms with Crippen LogP contribution in [0.2, 0.25) is 0 Å². The summed E-state index contributed by atoms with van der Waals surface area (Å²) < 4.78 is 13.1. The number of likely N-dealkylation sites (tertiary alicyclic amines) is 1. The van der Waals surface area contributed by atoms with Crippen molar-refractivity contribution in [2.75, 3.05) is 13.1 Å². The van der Waals surface area contributed by atoms with E-state index >= 15 is 0 Å². The highest BCUT2D eigenvalue weighted by Crippen LogP contribution is 2.52. The molecule has 2 fully saturated rings. The Morgan fingerprint density at radius 1 is 0.919 bits per heavy atom. The number of carboxylic acid groups (broad SMARTS) is 1. The van der Waals surface area contributed by atoms with Gasteiger partial charge in [-0.25, -0.2) is 4.79 Å². The van der Waals surface area contributed by atoms with E-state index in [4.69, 9.17) is 9.47 Å². The minimum atomic E-state index is -1.01. The molecule has 3 aromatic carbocycles. The number of para-hydroxylation sites is 1. The molecule has 4 atom stereocenters. The van der Waals surface area contributed by atoms with Crippen molar-refractivity contribution in [1.29, 1.82) is 0 Å². The predicted molar refractivity (Wildman–Crippen MR) is 140 cm³/mol. The van der Waals surface area contributed by atoms with Gasteiger partial charge < -0.3 is 19.5 Å². The Morgan fingerprint density at radius 2 is 1.57 bits per heavy atom. The van der Waals surface area contributed by atoms with Gasteiger partial charge in [-0.2, -0.15) is 0 Å². The van der Waals surface area contributed by atoms with Gasteiger partial charge in [0, 0.05) is 36.1 Å². The number of nitrogens with zero attached hydrogens (tertiary/aromatic N) is 1. The maximum absolute atomic E-state index is 13.8. The topological polar surface area (TPSA) is 76.1 Å². The number of carbonyl (C=O) groups excluding carboxylic acids is 1. The van der Waals surface area contributed by atoms with Crippen LogP contribution in [0.25, 0.3) is 11.1 Å². The zero-order chi connectivity index (χ0) is 25.7. The zero-order valence-electron chi connectivity index (χ0n) is 21.1. The van der Waals surface area contributed by atoms with Crippen LogP contribution >= 0.6 is 0 Å². The molecule has 0 aromatic heterocycles. The molecule has 6 heteroatoms. The van der Waals surface area contributed by atoms with Crippen molar-refractivity contribution in [3.05, 3.63) is 89.5 Å². The summed E-state index contributed by atoms with van der Waals surface area (Å²) in [6.07, 6.45) is 1.79. The molecule has 3 aliphatic heterocycles. The average molecular weight is 498 g/mol. The largest absolute Gasteiger partial charge is 0.487 e. The van der Waals surface area contributed by atoms with E-state index in [1.54, 1.807) is 30.3 Å². The second-order valence-electron chi connectivity index (χ2n) is 10.9. The average Bonchev–Trinajstić information content (AvgIpc) is 2.91. The van der Waals surface area contributed by atoms with Gasteiger partial charge in [0.05, 0.1) is 17.8 Å². The van der Waals surface area contributed by atoms with Gasteiger partial charge in [0.1, 0.15) is 11.4 Å². The van der Waals surface area contributed by atoms with E-state index in [-0.39, 0.29) is 41.1 Å². The van der Waals surface area contributed by atoms with E-state index in [9.17, 15) is 14.7 Å². The molecular formula is C31H31NO5. The van der Waals surface area contributed by atoms with Crippen LogP contribution in [0.3, 0.4) is 0 Å². The number of fused-ring (bicyclic) bond motifs is 4. The van der Waals surface area contributed by atoms with E-state index < -0.39 is 5.97 Å². The summed E-state index contributed by atoms with van der Waals surface area (Å²) >= 11 is 0. The number of carboxylic acids is 1. The lowest BCUT2D eigenvalue weighted by molar-refractivity contribution is -0.184. The smallest absolute Gasteiger partial charge is 0.336 e. The van der Waals surface area contributed by atoms with E-state index in [0.717, 1.165) is 24.2 Å². The highest BCUT2D eigenvalue weighted by atomic mass is 16.5. The Balaban J connectivity index is 1.26. The van der Waals surface area contributed by atoms with Crippen LogP contribution in [0.5, 0.6) is 5.75 Å². The predicted octanol–water partition coefficient (Wildman–Crippen LogP) is 5.83. The molecule has 0 saturated carbocycles. The Kier molecular flexibility index (Phi) is 5.80. The van der Waals surface area contributed by atoms with Crippen LogP contribution < -0.4 is 4.74 Å². The minimum absolute atomic E-state index is 0.00306. The Morgan fingerprint density at radius 3 is 2.32 bits per heavy atom. The normalized spacial score (nSPS) is 25.7. The van der Waals surface area contributed by atoms with Gasteiger partial charge in [0.15, 0.2) is 0 Å². The lowest BCUT2D eigenvalue weighted by atomic mass is 9.70. The maximum Gasteiger partial charge on any atom is 0.336 e. The SMILES string of the molecule is CC1(C)Oc2ccccc2[C@H]2O[C@H]3CCN(C(=O)c4ccccc4-c4ccccc4C(=O)O)C[C@@H]3C[C@@H]21. The number of hydrogen-bond acceptors (Lipinski definition) is 4. The van der Waals surface area contributed by atoms with Crippen molar-refractivity contribution in [3.63, 3.8) is 0 Å². The Labute approximate surface area is 216 Å². The first-order valence-corrected chi connectivity index (χ1v) is 13.0. The molecule has 6 rings (SSSR count). The van der Waals surface area contributed by atoms with Crippen molar-refractivity contribution in [2.45, 2.75) is 44.5 Å². The summed E-state index contributed by atoms with van der Waals surface area (Å²) in [6, 6.07) is 22.3. The fourth-order valence-corrected chi connectivity index (χ4v) is 6.42. The van der Waals surface area contributed by atoms with E-state index in [2.05, 4.69) is 19.9 Å². The fourth-order valence-electron chi connectivity index (χ4n) is 6.42. The number of rotatable bonds is 3. The molecule has 3 aromatic rings. The molecule has 1 amide bonds. The maximum atomic E-state index is 13.8. The summed E-state index contributed by atoms with van der Waals surface area (Å²) in [4.78, 5) is 27.6. The summed E-state index contributed by atoms with van der Waals surface area (Å²) in [5.41, 5.74) is 2.66. The lowest BCUT2D eigenvalue weighted by Gasteiger charge is -2.53. The van der Waals surface area contributed by atoms with E-state index in [1.807, 2.05) is 41.3 Å². The van der Waals surface area contributed by atoms with Crippen LogP contribution in [0.1, 0.15) is 59.1 Å². The van der Waals surface area contributed by atoms with Crippen LogP contribution in [-0.2, 0) is 4.74 Å². The van der Waals surface area contributed by atoms with Crippen molar-refractivity contribution in [3.8, 4) is 16.9 Å². The first-order chi connectivity index (χ1) is 17.8. The summed E-state index contributed by atoms with van der Waals surface area (Å²) in [7, 11) is 0. The van der Waals surface area contributed by atoms with Crippen LogP contribution in [0.4, 0.5) is 0 Å². The molecule has 6 nitrogen and oxygen atoms in total. The number of hydrogen-bond donors (Lipinski definition) is 1. The number of piperidine rings is 1. The lowest BCUT2D eigenvalue weighted by Crippen LogP contribution is -2.56. The van der Waals surface area contributed by atoms with Gasteiger partial charge in [-0.3, -0.25) is 4.79 Å². The monoisotopic (exact) mass is 497 g/mol. The van der Waals surface area contributed by atoms with Crippen molar-refractivity contribution in [1.82, 2.24) is 4.90 Å². The number of aromatic carboxylic acids is 1. The molecule has 0 unspecified atom stereocenters. The third-order valence-corrected chi connectivity index (χ3v) is 8.29. The number of carbonyl (C=O) groups is 2. The van der Waals surface area contributed by atoms with E-state index in [0.29, 0.717) is 29.8 Å². The third kappa shape index (κ3) is 4.09. The molecule has 3 heterocycles. The first kappa shape index (κ1) is 23.7. The Bertz CT molecular complexity index is 1360. The van der Waals surface area contributed by atoms with Gasteiger partial charge in [-0.1, -0.05) is 54.6 Å². The highest BCUT2D eigenvalue weighted by molar-refractivity contribution is 6.04. The van der Waals surface area contributed by atoms with Crippen molar-refractivity contribution >= 4 is 11.9 Å². The second-order valence-corrected chi connectivity index (χ2v) is 10.9. The summed E-state index contributed by atoms with van der Waals surface area (Å²) in [5, 5.41) is 9.71. The van der Waals surface area contributed by atoms with E-state index in [1.165, 1.54) is 0 Å². The number of benzene rings is 3. The molecule has 0 bridgehead atoms. The standard InChI is InChI=1S/C31H31NO5/c1-31(2)25-17-19-18-32(16-15-26(19)36-28(25)24-13-7-8-14-27(24)37-31)29(33)22-11-5-3-9-20(22)21-10-4-6-12-23(21)30(34)35/h3-14,19,25-26,28H,15-18H2,1-2H3,(H,34,35)/t19-,25-,26-,28+/m0/s1. The van der Waals surface area contributed by atoms with Crippen LogP contribution in [0, 0.1) is 11.8 Å². The number of ether oxygens (including phenoxy) is 2. The molecule has 0 aliphatic carbocycles. The zero-order valence-corrected chi connectivity index (χ0v) is 21.1. The third-order valence-electron chi connectivity index (χ3n) is 8.29.